The molecule has 1 aromatic rings. The van der Waals surface area contributed by atoms with Crippen LogP contribution in [0.1, 0.15) is 32.8 Å². The number of nitrogens with one attached hydrogen (secondary N) is 1. The fourth-order valence-corrected chi connectivity index (χ4v) is 3.49. The van der Waals surface area contributed by atoms with E-state index >= 15 is 0 Å². The predicted octanol–water partition coefficient (Wildman–Crippen LogP) is 2.36. The van der Waals surface area contributed by atoms with E-state index in [-0.39, 0.29) is 25.4 Å². The zero-order valence-corrected chi connectivity index (χ0v) is 15.8. The summed E-state index contributed by atoms with van der Waals surface area (Å²) in [7, 11) is -4.60. The minimum Gasteiger partial charge on any atom is -0.444 e. The Hall–Kier alpha value is -2.16. The van der Waals surface area contributed by atoms with Gasteiger partial charge in [-0.15, -0.1) is 3.89 Å². The summed E-state index contributed by atoms with van der Waals surface area (Å²) in [4.78, 5) is 25.1. The highest BCUT2D eigenvalue weighted by atomic mass is 32.3. The molecule has 0 bridgehead atoms. The van der Waals surface area contributed by atoms with Crippen LogP contribution in [0.4, 0.5) is 14.4 Å². The molecule has 0 saturated carbocycles. The molecule has 2 rings (SSSR count). The molecule has 1 heterocycles. The normalized spacial score (nSPS) is 18.1. The number of hydrogen-bond acceptors (Lipinski definition) is 5. The highest BCUT2D eigenvalue weighted by Gasteiger charge is 2.33. The number of hydrogen-bond donors (Lipinski definition) is 1. The Kier molecular flexibility index (Phi) is 5.90. The van der Waals surface area contributed by atoms with Gasteiger partial charge >= 0.3 is 16.3 Å². The lowest BCUT2D eigenvalue weighted by Crippen LogP contribution is -2.32. The van der Waals surface area contributed by atoms with Crippen LogP contribution in [0.3, 0.4) is 0 Å². The lowest BCUT2D eigenvalue weighted by atomic mass is 10.1. The Bertz CT molecular complexity index is 771. The summed E-state index contributed by atoms with van der Waals surface area (Å²) in [5.41, 5.74) is 0.845. The lowest BCUT2D eigenvalue weighted by Gasteiger charge is -2.20. The van der Waals surface area contributed by atoms with Gasteiger partial charge in [0.2, 0.25) is 5.91 Å². The van der Waals surface area contributed by atoms with Crippen LogP contribution in [-0.2, 0) is 26.3 Å². The number of nitrogens with zero attached hydrogens (tertiary/aromatic N) is 1. The van der Waals surface area contributed by atoms with Gasteiger partial charge in [0, 0.05) is 31.1 Å². The summed E-state index contributed by atoms with van der Waals surface area (Å²) in [5, 5.41) is 2.64. The van der Waals surface area contributed by atoms with E-state index < -0.39 is 33.6 Å². The van der Waals surface area contributed by atoms with Gasteiger partial charge in [-0.05, 0) is 38.5 Å². The van der Waals surface area contributed by atoms with Crippen molar-refractivity contribution < 1.29 is 26.6 Å². The molecular formula is C17H23FN2O5S. The van der Waals surface area contributed by atoms with Crippen molar-refractivity contribution in [2.24, 2.45) is 5.92 Å². The Morgan fingerprint density at radius 3 is 2.46 bits per heavy atom. The van der Waals surface area contributed by atoms with Crippen molar-refractivity contribution >= 4 is 27.9 Å². The minimum atomic E-state index is -4.60. The first-order valence-corrected chi connectivity index (χ1v) is 9.77. The molecule has 1 aliphatic heterocycles. The number of ether oxygens (including phenoxy) is 1. The van der Waals surface area contributed by atoms with Gasteiger partial charge in [0.25, 0.3) is 0 Å². The van der Waals surface area contributed by atoms with Gasteiger partial charge in [0.05, 0.1) is 5.75 Å². The third kappa shape index (κ3) is 6.29. The maximum absolute atomic E-state index is 12.8. The van der Waals surface area contributed by atoms with Crippen molar-refractivity contribution in [2.75, 3.05) is 17.2 Å². The number of rotatable bonds is 5. The van der Waals surface area contributed by atoms with Crippen molar-refractivity contribution in [1.82, 2.24) is 5.32 Å². The second-order valence-electron chi connectivity index (χ2n) is 7.30. The van der Waals surface area contributed by atoms with E-state index in [1.807, 2.05) is 0 Å². The lowest BCUT2D eigenvalue weighted by molar-refractivity contribution is -0.117. The molecule has 9 heteroatoms. The molecule has 1 aliphatic rings. The number of benzene rings is 1. The van der Waals surface area contributed by atoms with Crippen molar-refractivity contribution in [3.63, 3.8) is 0 Å². The van der Waals surface area contributed by atoms with E-state index in [9.17, 15) is 21.9 Å². The number of anilines is 1. The van der Waals surface area contributed by atoms with Gasteiger partial charge in [-0.2, -0.15) is 8.42 Å². The second kappa shape index (κ2) is 7.61. The predicted molar refractivity (Wildman–Crippen MR) is 94.9 cm³/mol. The molecule has 1 saturated heterocycles. The first-order valence-electron chi connectivity index (χ1n) is 8.21. The van der Waals surface area contributed by atoms with Crippen LogP contribution in [0.25, 0.3) is 0 Å². The SMILES string of the molecule is CC(C)(C)OC(=O)NCc1ccc(N2CC(CS(=O)(=O)F)CC2=O)cc1. The largest absolute Gasteiger partial charge is 0.444 e. The molecule has 0 spiro atoms. The maximum Gasteiger partial charge on any atom is 0.407 e. The van der Waals surface area contributed by atoms with Gasteiger partial charge in [0.1, 0.15) is 5.60 Å². The van der Waals surface area contributed by atoms with Gasteiger partial charge in [-0.3, -0.25) is 4.79 Å². The fourth-order valence-electron chi connectivity index (χ4n) is 2.71. The Labute approximate surface area is 152 Å². The Balaban J connectivity index is 1.93. The molecule has 1 atom stereocenters. The molecule has 7 nitrogen and oxygen atoms in total. The topological polar surface area (TPSA) is 92.8 Å². The molecule has 2 amide bonds. The molecule has 26 heavy (non-hydrogen) atoms. The van der Waals surface area contributed by atoms with Gasteiger partial charge in [-0.1, -0.05) is 12.1 Å². The average molecular weight is 386 g/mol. The highest BCUT2D eigenvalue weighted by molar-refractivity contribution is 7.86. The van der Waals surface area contributed by atoms with Crippen LogP contribution in [-0.4, -0.2) is 38.3 Å². The summed E-state index contributed by atoms with van der Waals surface area (Å²) in [6.07, 6.45) is -0.517. The van der Waals surface area contributed by atoms with Crippen molar-refractivity contribution in [1.29, 1.82) is 0 Å². The van der Waals surface area contributed by atoms with Crippen LogP contribution in [0.2, 0.25) is 0 Å². The maximum atomic E-state index is 12.8. The van der Waals surface area contributed by atoms with Crippen molar-refractivity contribution in [3.05, 3.63) is 29.8 Å². The molecule has 1 unspecified atom stereocenters. The molecule has 144 valence electrons. The van der Waals surface area contributed by atoms with E-state index in [4.69, 9.17) is 4.74 Å². The molecular weight excluding hydrogens is 363 g/mol. The highest BCUT2D eigenvalue weighted by Crippen LogP contribution is 2.26. The van der Waals surface area contributed by atoms with E-state index in [2.05, 4.69) is 5.32 Å². The van der Waals surface area contributed by atoms with Crippen LogP contribution < -0.4 is 10.2 Å². The van der Waals surface area contributed by atoms with Crippen LogP contribution >= 0.6 is 0 Å². The van der Waals surface area contributed by atoms with E-state index in [1.165, 1.54) is 4.90 Å². The summed E-state index contributed by atoms with van der Waals surface area (Å²) >= 11 is 0. The molecule has 0 aliphatic carbocycles. The third-order valence-corrected chi connectivity index (χ3v) is 4.59. The van der Waals surface area contributed by atoms with Crippen molar-refractivity contribution in [3.8, 4) is 0 Å². The van der Waals surface area contributed by atoms with Gasteiger partial charge in [-0.25, -0.2) is 4.79 Å². The monoisotopic (exact) mass is 386 g/mol. The molecule has 1 aromatic carbocycles. The molecule has 1 fully saturated rings. The molecule has 0 radical (unpaired) electrons. The molecule has 1 N–H and O–H groups in total. The van der Waals surface area contributed by atoms with Crippen LogP contribution in [0.15, 0.2) is 24.3 Å². The quantitative estimate of drug-likeness (QED) is 0.784. The zero-order chi connectivity index (χ0) is 19.5. The van der Waals surface area contributed by atoms with Gasteiger partial charge in [0.15, 0.2) is 0 Å². The van der Waals surface area contributed by atoms with E-state index in [0.29, 0.717) is 5.69 Å². The standard InChI is InChI=1S/C17H23FN2O5S/c1-17(2,3)25-16(22)19-9-12-4-6-14(7-5-12)20-10-13(8-15(20)21)11-26(18,23)24/h4-7,13H,8-11H2,1-3H3,(H,19,22). The smallest absolute Gasteiger partial charge is 0.407 e. The summed E-state index contributed by atoms with van der Waals surface area (Å²) in [6, 6.07) is 6.91. The summed E-state index contributed by atoms with van der Waals surface area (Å²) in [5.74, 6) is -1.43. The third-order valence-electron chi connectivity index (χ3n) is 3.72. The number of alkyl carbamates (subject to hydrolysis) is 1. The van der Waals surface area contributed by atoms with Crippen LogP contribution in [0, 0.1) is 5.92 Å². The number of carbonyl (C=O) groups is 2. The summed E-state index contributed by atoms with van der Waals surface area (Å²) in [6.45, 7) is 5.75. The number of amides is 2. The zero-order valence-electron chi connectivity index (χ0n) is 15.0. The Morgan fingerprint density at radius 1 is 1.31 bits per heavy atom. The van der Waals surface area contributed by atoms with E-state index in [0.717, 1.165) is 5.56 Å². The molecule has 0 aromatic heterocycles. The van der Waals surface area contributed by atoms with Crippen molar-refractivity contribution in [2.45, 2.75) is 39.3 Å². The number of halogens is 1. The van der Waals surface area contributed by atoms with E-state index in [1.54, 1.807) is 45.0 Å². The first kappa shape index (κ1) is 20.2. The number of carbonyl (C=O) groups excluding carboxylic acids is 2. The van der Waals surface area contributed by atoms with Gasteiger partial charge < -0.3 is 15.0 Å². The fraction of sp³-hybridized carbons (Fsp3) is 0.529. The summed E-state index contributed by atoms with van der Waals surface area (Å²) < 4.78 is 39.5. The Morgan fingerprint density at radius 2 is 1.92 bits per heavy atom. The first-order chi connectivity index (χ1) is 11.9. The minimum absolute atomic E-state index is 0.00506. The van der Waals surface area contributed by atoms with Crippen LogP contribution in [0.5, 0.6) is 0 Å². The second-order valence-corrected chi connectivity index (χ2v) is 8.71. The average Bonchev–Trinajstić information content (AvgIpc) is 2.82.